The number of rotatable bonds is 2. The van der Waals surface area contributed by atoms with Crippen LogP contribution in [0, 0.1) is 17.5 Å². The summed E-state index contributed by atoms with van der Waals surface area (Å²) in [6.07, 6.45) is 0. The highest BCUT2D eigenvalue weighted by molar-refractivity contribution is 7.71. The molecule has 0 aliphatic rings. The van der Waals surface area contributed by atoms with Gasteiger partial charge in [-0.15, -0.1) is 0 Å². The van der Waals surface area contributed by atoms with Crippen LogP contribution in [0.4, 0.5) is 4.39 Å². The molecule has 1 aromatic carbocycles. The van der Waals surface area contributed by atoms with Gasteiger partial charge in [0.2, 0.25) is 0 Å². The average molecular weight is 276 g/mol. The molecule has 1 N–H and O–H groups in total. The summed E-state index contributed by atoms with van der Waals surface area (Å²) in [7, 11) is 0. The normalized spacial score (nSPS) is 13.0. The van der Waals surface area contributed by atoms with Gasteiger partial charge in [0.1, 0.15) is 22.9 Å². The van der Waals surface area contributed by atoms with Crippen LogP contribution < -0.4 is 0 Å². The minimum Gasteiger partial charge on any atom is -0.464 e. The highest BCUT2D eigenvalue weighted by atomic mass is 32.1. The summed E-state index contributed by atoms with van der Waals surface area (Å²) in [5.74, 6) is 1.35. The summed E-state index contributed by atoms with van der Waals surface area (Å²) in [6.45, 7) is 3.87. The van der Waals surface area contributed by atoms with Crippen molar-refractivity contribution in [2.45, 2.75) is 19.9 Å². The second-order valence-electron chi connectivity index (χ2n) is 4.56. The lowest BCUT2D eigenvalue weighted by molar-refractivity contribution is 0.431. The number of aromatic nitrogens is 2. The molecule has 0 spiro atoms. The van der Waals surface area contributed by atoms with E-state index in [2.05, 4.69) is 4.98 Å². The first-order chi connectivity index (χ1) is 9.08. The van der Waals surface area contributed by atoms with Gasteiger partial charge in [-0.2, -0.15) is 0 Å². The standard InChI is InChI=1S/C14H13FN2OS/c1-8-6-7-12(18-8)9(2)17-11-5-3-4-10(15)13(11)16-14(17)19/h3-7,9H,1-2H3,(H,16,19). The summed E-state index contributed by atoms with van der Waals surface area (Å²) in [5.41, 5.74) is 1.18. The second-order valence-corrected chi connectivity index (χ2v) is 4.95. The molecule has 0 saturated heterocycles. The van der Waals surface area contributed by atoms with E-state index in [1.165, 1.54) is 6.07 Å². The third-order valence-corrected chi connectivity index (χ3v) is 3.56. The van der Waals surface area contributed by atoms with Crippen LogP contribution in [0.2, 0.25) is 0 Å². The Hall–Kier alpha value is -1.88. The third-order valence-electron chi connectivity index (χ3n) is 3.26. The Balaban J connectivity index is 2.23. The van der Waals surface area contributed by atoms with Crippen LogP contribution in [0.25, 0.3) is 11.0 Å². The van der Waals surface area contributed by atoms with Crippen LogP contribution in [0.15, 0.2) is 34.7 Å². The Bertz CT molecular complexity index is 799. The summed E-state index contributed by atoms with van der Waals surface area (Å²) >= 11 is 5.29. The number of aryl methyl sites for hydroxylation is 1. The van der Waals surface area contributed by atoms with Gasteiger partial charge in [-0.25, -0.2) is 4.39 Å². The lowest BCUT2D eigenvalue weighted by Crippen LogP contribution is -2.05. The number of nitrogens with zero attached hydrogens (tertiary/aromatic N) is 1. The molecule has 0 aliphatic carbocycles. The van der Waals surface area contributed by atoms with Gasteiger partial charge in [0.25, 0.3) is 0 Å². The van der Waals surface area contributed by atoms with E-state index in [0.717, 1.165) is 17.0 Å². The summed E-state index contributed by atoms with van der Waals surface area (Å²) in [6, 6.07) is 8.68. The number of hydrogen-bond donors (Lipinski definition) is 1. The van der Waals surface area contributed by atoms with E-state index in [9.17, 15) is 4.39 Å². The van der Waals surface area contributed by atoms with E-state index in [1.807, 2.05) is 36.6 Å². The van der Waals surface area contributed by atoms with E-state index in [-0.39, 0.29) is 11.9 Å². The maximum atomic E-state index is 13.7. The largest absolute Gasteiger partial charge is 0.464 e. The zero-order valence-electron chi connectivity index (χ0n) is 10.6. The van der Waals surface area contributed by atoms with Gasteiger partial charge >= 0.3 is 0 Å². The molecule has 0 amide bonds. The van der Waals surface area contributed by atoms with Crippen LogP contribution in [-0.2, 0) is 0 Å². The van der Waals surface area contributed by atoms with Crippen LogP contribution in [-0.4, -0.2) is 9.55 Å². The predicted molar refractivity (Wildman–Crippen MR) is 74.3 cm³/mol. The minimum atomic E-state index is -0.301. The number of benzene rings is 1. The first-order valence-electron chi connectivity index (χ1n) is 6.03. The smallest absolute Gasteiger partial charge is 0.178 e. The number of furan rings is 1. The highest BCUT2D eigenvalue weighted by Crippen LogP contribution is 2.26. The van der Waals surface area contributed by atoms with Crippen molar-refractivity contribution in [3.8, 4) is 0 Å². The van der Waals surface area contributed by atoms with Crippen molar-refractivity contribution in [2.75, 3.05) is 0 Å². The molecule has 2 aromatic heterocycles. The van der Waals surface area contributed by atoms with Gasteiger partial charge in [-0.3, -0.25) is 0 Å². The van der Waals surface area contributed by atoms with Crippen molar-refractivity contribution < 1.29 is 8.81 Å². The Morgan fingerprint density at radius 1 is 1.32 bits per heavy atom. The van der Waals surface area contributed by atoms with E-state index >= 15 is 0 Å². The van der Waals surface area contributed by atoms with Gasteiger partial charge in [0.15, 0.2) is 4.77 Å². The SMILES string of the molecule is Cc1ccc(C(C)n2c(=S)[nH]c3c(F)cccc32)o1. The number of aromatic amines is 1. The summed E-state index contributed by atoms with van der Waals surface area (Å²) < 4.78 is 21.7. The molecule has 3 nitrogen and oxygen atoms in total. The van der Waals surface area contributed by atoms with E-state index in [4.69, 9.17) is 16.6 Å². The fraction of sp³-hybridized carbons (Fsp3) is 0.214. The van der Waals surface area contributed by atoms with Gasteiger partial charge in [-0.1, -0.05) is 6.07 Å². The lowest BCUT2D eigenvalue weighted by atomic mass is 10.2. The second kappa shape index (κ2) is 4.35. The topological polar surface area (TPSA) is 33.9 Å². The molecule has 0 fully saturated rings. The number of fused-ring (bicyclic) bond motifs is 1. The van der Waals surface area contributed by atoms with Crippen LogP contribution in [0.3, 0.4) is 0 Å². The van der Waals surface area contributed by atoms with E-state index < -0.39 is 0 Å². The quantitative estimate of drug-likeness (QED) is 0.706. The molecule has 3 aromatic rings. The van der Waals surface area contributed by atoms with Crippen molar-refractivity contribution in [3.63, 3.8) is 0 Å². The van der Waals surface area contributed by atoms with E-state index in [0.29, 0.717) is 10.3 Å². The monoisotopic (exact) mass is 276 g/mol. The Morgan fingerprint density at radius 2 is 2.11 bits per heavy atom. The number of H-pyrrole nitrogens is 1. The molecular formula is C14H13FN2OS. The molecule has 3 rings (SSSR count). The van der Waals surface area contributed by atoms with Crippen molar-refractivity contribution in [1.82, 2.24) is 9.55 Å². The third kappa shape index (κ3) is 1.90. The average Bonchev–Trinajstić information content (AvgIpc) is 2.93. The van der Waals surface area contributed by atoms with Gasteiger partial charge in [-0.05, 0) is 50.3 Å². The number of hydrogen-bond acceptors (Lipinski definition) is 2. The van der Waals surface area contributed by atoms with E-state index in [1.54, 1.807) is 6.07 Å². The molecule has 1 unspecified atom stereocenters. The van der Waals surface area contributed by atoms with Crippen molar-refractivity contribution in [1.29, 1.82) is 0 Å². The van der Waals surface area contributed by atoms with Gasteiger partial charge in [0.05, 0.1) is 11.6 Å². The van der Waals surface area contributed by atoms with Crippen molar-refractivity contribution >= 4 is 23.3 Å². The molecule has 1 atom stereocenters. The Labute approximate surface area is 114 Å². The first kappa shape index (κ1) is 12.2. The molecule has 98 valence electrons. The zero-order chi connectivity index (χ0) is 13.6. The number of para-hydroxylation sites is 1. The van der Waals surface area contributed by atoms with Gasteiger partial charge in [0, 0.05) is 0 Å². The predicted octanol–water partition coefficient (Wildman–Crippen LogP) is 4.35. The Kier molecular flexibility index (Phi) is 2.78. The first-order valence-corrected chi connectivity index (χ1v) is 6.44. The van der Waals surface area contributed by atoms with Gasteiger partial charge < -0.3 is 14.0 Å². The molecule has 0 radical (unpaired) electrons. The fourth-order valence-corrected chi connectivity index (χ4v) is 2.66. The van der Waals surface area contributed by atoms with Crippen LogP contribution >= 0.6 is 12.2 Å². The van der Waals surface area contributed by atoms with Crippen molar-refractivity contribution in [2.24, 2.45) is 0 Å². The van der Waals surface area contributed by atoms with Crippen LogP contribution in [0.5, 0.6) is 0 Å². The molecular weight excluding hydrogens is 263 g/mol. The maximum absolute atomic E-state index is 13.7. The summed E-state index contributed by atoms with van der Waals surface area (Å²) in [4.78, 5) is 2.91. The molecule has 2 heterocycles. The molecule has 0 aliphatic heterocycles. The fourth-order valence-electron chi connectivity index (χ4n) is 2.30. The molecule has 5 heteroatoms. The molecule has 19 heavy (non-hydrogen) atoms. The highest BCUT2D eigenvalue weighted by Gasteiger charge is 2.17. The van der Waals surface area contributed by atoms with Crippen molar-refractivity contribution in [3.05, 3.63) is 52.4 Å². The molecule has 0 saturated carbocycles. The number of nitrogens with one attached hydrogen (secondary N) is 1. The zero-order valence-corrected chi connectivity index (χ0v) is 11.4. The number of halogens is 1. The summed E-state index contributed by atoms with van der Waals surface area (Å²) in [5, 5.41) is 0. The maximum Gasteiger partial charge on any atom is 0.178 e. The minimum absolute atomic E-state index is 0.0863. The lowest BCUT2D eigenvalue weighted by Gasteiger charge is -2.12. The number of imidazole rings is 1. The Morgan fingerprint density at radius 3 is 2.79 bits per heavy atom. The molecule has 0 bridgehead atoms. The van der Waals surface area contributed by atoms with Crippen LogP contribution in [0.1, 0.15) is 24.5 Å².